The molecule has 0 bridgehead atoms. The number of hydrogen-bond donors (Lipinski definition) is 1. The van der Waals surface area contributed by atoms with Gasteiger partial charge in [0.15, 0.2) is 17.1 Å². The number of nitrogens with one attached hydrogen (secondary N) is 1. The van der Waals surface area contributed by atoms with E-state index in [1.807, 2.05) is 17.5 Å². The van der Waals surface area contributed by atoms with E-state index in [4.69, 9.17) is 14.2 Å². The molecule has 0 radical (unpaired) electrons. The molecule has 1 aromatic carbocycles. The average molecular weight is 442 g/mol. The van der Waals surface area contributed by atoms with E-state index >= 15 is 0 Å². The van der Waals surface area contributed by atoms with Crippen LogP contribution in [0.2, 0.25) is 0 Å². The van der Waals surface area contributed by atoms with E-state index in [2.05, 4.69) is 22.2 Å². The Bertz CT molecular complexity index is 1040. The van der Waals surface area contributed by atoms with Gasteiger partial charge < -0.3 is 19.5 Å². The van der Waals surface area contributed by atoms with E-state index in [1.54, 1.807) is 25.7 Å². The number of aromatic nitrogens is 2. The van der Waals surface area contributed by atoms with Crippen molar-refractivity contribution in [1.29, 1.82) is 0 Å². The van der Waals surface area contributed by atoms with Crippen molar-refractivity contribution in [3.63, 3.8) is 0 Å². The van der Waals surface area contributed by atoms with Gasteiger partial charge in [-0.25, -0.2) is 4.98 Å². The van der Waals surface area contributed by atoms with Crippen LogP contribution in [0.25, 0.3) is 10.8 Å². The van der Waals surface area contributed by atoms with Crippen LogP contribution in [0.1, 0.15) is 50.5 Å². The van der Waals surface area contributed by atoms with E-state index in [0.717, 1.165) is 30.0 Å². The van der Waals surface area contributed by atoms with Crippen LogP contribution in [-0.4, -0.2) is 29.8 Å². The fourth-order valence-corrected chi connectivity index (χ4v) is 4.78. The maximum Gasteiger partial charge on any atom is 0.263 e. The molecule has 31 heavy (non-hydrogen) atoms. The van der Waals surface area contributed by atoms with Crippen molar-refractivity contribution in [3.05, 3.63) is 41.1 Å². The minimum absolute atomic E-state index is 0.112. The monoisotopic (exact) mass is 441 g/mol. The van der Waals surface area contributed by atoms with Crippen molar-refractivity contribution in [2.75, 3.05) is 19.2 Å². The van der Waals surface area contributed by atoms with Crippen LogP contribution >= 0.6 is 11.3 Å². The number of ether oxygens (including phenoxy) is 3. The maximum atomic E-state index is 13.7. The summed E-state index contributed by atoms with van der Waals surface area (Å²) in [6.07, 6.45) is 11.1. The molecule has 3 heterocycles. The van der Waals surface area contributed by atoms with Crippen LogP contribution in [-0.2, 0) is 15.1 Å². The lowest BCUT2D eigenvalue weighted by molar-refractivity contribution is -0.140. The summed E-state index contributed by atoms with van der Waals surface area (Å²) in [7, 11) is 1.57. The Kier molecular flexibility index (Phi) is 6.67. The van der Waals surface area contributed by atoms with Crippen LogP contribution in [0.4, 0.5) is 5.69 Å². The number of benzene rings is 1. The summed E-state index contributed by atoms with van der Waals surface area (Å²) < 4.78 is 17.2. The Labute approximate surface area is 185 Å². The highest BCUT2D eigenvalue weighted by molar-refractivity contribution is 7.09. The quantitative estimate of drug-likeness (QED) is 0.432. The van der Waals surface area contributed by atoms with Gasteiger partial charge >= 0.3 is 0 Å². The smallest absolute Gasteiger partial charge is 0.263 e. The molecule has 0 saturated carbocycles. The standard InChI is InChI=1S/C23H27N3O4S/c1-3-4-5-6-7-9-23(28-2,22-25-11-12-31-22)21(27)26-19-17-8-10-24-14-16(17)13-18-20(19)30-15-29-18/h8,10-14H,3-7,9,15H2,1-2H3,(H,26,27). The number of anilines is 1. The highest BCUT2D eigenvalue weighted by Gasteiger charge is 2.43. The molecule has 0 aliphatic carbocycles. The van der Waals surface area contributed by atoms with Crippen molar-refractivity contribution in [3.8, 4) is 11.5 Å². The largest absolute Gasteiger partial charge is 0.453 e. The van der Waals surface area contributed by atoms with E-state index in [1.165, 1.54) is 24.2 Å². The van der Waals surface area contributed by atoms with Crippen molar-refractivity contribution in [2.45, 2.75) is 51.0 Å². The SMILES string of the molecule is CCCCCCCC(OC)(C(=O)Nc1c2c(cc3cnccc13)OCO2)c1nccs1. The summed E-state index contributed by atoms with van der Waals surface area (Å²) in [6, 6.07) is 3.73. The van der Waals surface area contributed by atoms with Crippen molar-refractivity contribution in [2.24, 2.45) is 0 Å². The molecule has 1 atom stereocenters. The Morgan fingerprint density at radius 3 is 2.90 bits per heavy atom. The molecule has 1 amide bonds. The van der Waals surface area contributed by atoms with Crippen LogP contribution in [0, 0.1) is 0 Å². The van der Waals surface area contributed by atoms with Crippen LogP contribution in [0.3, 0.4) is 0 Å². The highest BCUT2D eigenvalue weighted by atomic mass is 32.1. The molecule has 4 rings (SSSR count). The first-order valence-electron chi connectivity index (χ1n) is 10.6. The predicted molar refractivity (Wildman–Crippen MR) is 121 cm³/mol. The number of amides is 1. The zero-order valence-corrected chi connectivity index (χ0v) is 18.7. The molecule has 0 saturated heterocycles. The zero-order valence-electron chi connectivity index (χ0n) is 17.8. The van der Waals surface area contributed by atoms with E-state index in [0.29, 0.717) is 28.6 Å². The molecule has 0 spiro atoms. The Morgan fingerprint density at radius 2 is 2.13 bits per heavy atom. The first kappa shape index (κ1) is 21.5. The fraction of sp³-hybridized carbons (Fsp3) is 0.435. The van der Waals surface area contributed by atoms with Crippen molar-refractivity contribution >= 4 is 33.7 Å². The molecule has 7 nitrogen and oxygen atoms in total. The molecule has 8 heteroatoms. The molecule has 0 fully saturated rings. The third-order valence-electron chi connectivity index (χ3n) is 5.64. The average Bonchev–Trinajstić information content (AvgIpc) is 3.49. The van der Waals surface area contributed by atoms with E-state index in [-0.39, 0.29) is 12.7 Å². The van der Waals surface area contributed by atoms with Gasteiger partial charge in [0.1, 0.15) is 5.01 Å². The molecule has 1 aliphatic heterocycles. The van der Waals surface area contributed by atoms with Crippen molar-refractivity contribution in [1.82, 2.24) is 9.97 Å². The number of fused-ring (bicyclic) bond motifs is 2. The Hall–Kier alpha value is -2.71. The summed E-state index contributed by atoms with van der Waals surface area (Å²) in [4.78, 5) is 22.4. The molecule has 1 aliphatic rings. The summed E-state index contributed by atoms with van der Waals surface area (Å²) in [5.41, 5.74) is -0.594. The number of pyridine rings is 1. The van der Waals surface area contributed by atoms with Gasteiger partial charge in [0.05, 0.1) is 5.69 Å². The van der Waals surface area contributed by atoms with Gasteiger partial charge in [-0.1, -0.05) is 32.6 Å². The predicted octanol–water partition coefficient (Wildman–Crippen LogP) is 5.26. The van der Waals surface area contributed by atoms with Gasteiger partial charge in [0.2, 0.25) is 6.79 Å². The summed E-state index contributed by atoms with van der Waals surface area (Å²) >= 11 is 1.43. The third-order valence-corrected chi connectivity index (χ3v) is 6.56. The number of carbonyl (C=O) groups excluding carboxylic acids is 1. The number of rotatable bonds is 10. The second kappa shape index (κ2) is 9.62. The summed E-state index contributed by atoms with van der Waals surface area (Å²) in [5.74, 6) is 0.856. The number of nitrogens with zero attached hydrogens (tertiary/aromatic N) is 2. The van der Waals surface area contributed by atoms with E-state index in [9.17, 15) is 4.79 Å². The number of carbonyl (C=O) groups is 1. The lowest BCUT2D eigenvalue weighted by atomic mass is 9.94. The van der Waals surface area contributed by atoms with Crippen LogP contribution in [0.15, 0.2) is 36.1 Å². The molecule has 1 unspecified atom stereocenters. The Balaban J connectivity index is 1.67. The lowest BCUT2D eigenvalue weighted by Gasteiger charge is -2.29. The molecular formula is C23H27N3O4S. The number of unbranched alkanes of at least 4 members (excludes halogenated alkanes) is 4. The van der Waals surface area contributed by atoms with Gasteiger partial charge in [-0.15, -0.1) is 11.3 Å². The van der Waals surface area contributed by atoms with Crippen LogP contribution < -0.4 is 14.8 Å². The van der Waals surface area contributed by atoms with Crippen LogP contribution in [0.5, 0.6) is 11.5 Å². The summed E-state index contributed by atoms with van der Waals surface area (Å²) in [5, 5.41) is 7.30. The normalized spacial score (nSPS) is 14.5. The van der Waals surface area contributed by atoms with Gasteiger partial charge in [-0.2, -0.15) is 0 Å². The molecule has 3 aromatic rings. The minimum Gasteiger partial charge on any atom is -0.453 e. The second-order valence-electron chi connectivity index (χ2n) is 7.57. The molecule has 1 N–H and O–H groups in total. The lowest BCUT2D eigenvalue weighted by Crippen LogP contribution is -2.42. The zero-order chi connectivity index (χ0) is 21.7. The van der Waals surface area contributed by atoms with Gasteiger partial charge in [-0.05, 0) is 25.0 Å². The first-order chi connectivity index (χ1) is 15.2. The number of thiazole rings is 1. The fourth-order valence-electron chi connectivity index (χ4n) is 3.94. The van der Waals surface area contributed by atoms with Gasteiger partial charge in [0, 0.05) is 41.9 Å². The Morgan fingerprint density at radius 1 is 1.26 bits per heavy atom. The topological polar surface area (TPSA) is 82.6 Å². The van der Waals surface area contributed by atoms with Crippen molar-refractivity contribution < 1.29 is 19.0 Å². The van der Waals surface area contributed by atoms with E-state index < -0.39 is 5.60 Å². The maximum absolute atomic E-state index is 13.7. The third kappa shape index (κ3) is 4.22. The minimum atomic E-state index is -1.16. The number of hydrogen-bond acceptors (Lipinski definition) is 7. The summed E-state index contributed by atoms with van der Waals surface area (Å²) in [6.45, 7) is 2.30. The van der Waals surface area contributed by atoms with Gasteiger partial charge in [-0.3, -0.25) is 9.78 Å². The number of methoxy groups -OCH3 is 1. The second-order valence-corrected chi connectivity index (χ2v) is 8.46. The van der Waals surface area contributed by atoms with Gasteiger partial charge in [0.25, 0.3) is 5.91 Å². The molecular weight excluding hydrogens is 414 g/mol. The first-order valence-corrected chi connectivity index (χ1v) is 11.5. The molecule has 2 aromatic heterocycles. The molecule has 164 valence electrons. The highest BCUT2D eigenvalue weighted by Crippen LogP contribution is 2.45.